The summed E-state index contributed by atoms with van der Waals surface area (Å²) in [7, 11) is 0. The lowest BCUT2D eigenvalue weighted by Crippen LogP contribution is -0.913. The summed E-state index contributed by atoms with van der Waals surface area (Å²) in [6.07, 6.45) is 0. The van der Waals surface area contributed by atoms with Crippen molar-refractivity contribution in [1.29, 1.82) is 0 Å². The molecule has 0 spiro atoms. The van der Waals surface area contributed by atoms with Crippen molar-refractivity contribution in [3.8, 4) is 0 Å². The molecule has 78 valence electrons. The Morgan fingerprint density at radius 2 is 0.400 bits per heavy atom. The fraction of sp³-hybridized carbons (Fsp3) is 0. The maximum absolute atomic E-state index is 6.47. The van der Waals surface area contributed by atoms with Crippen LogP contribution < -0.4 is 0 Å². The van der Waals surface area contributed by atoms with Crippen molar-refractivity contribution in [3.05, 3.63) is 0 Å². The third-order valence-corrected chi connectivity index (χ3v) is 0. The van der Waals surface area contributed by atoms with Gasteiger partial charge in [-0.15, -0.1) is 0 Å². The van der Waals surface area contributed by atoms with Crippen LogP contribution >= 0.6 is 11.9 Å². The average molecular weight is 197 g/mol. The Bertz CT molecular complexity index is 4.69. The Labute approximate surface area is 61.5 Å². The van der Waals surface area contributed by atoms with Gasteiger partial charge in [-0.3, -0.25) is 4.66 Å². The molecule has 0 unspecified atom stereocenters. The van der Waals surface area contributed by atoms with E-state index in [4.69, 9.17) is 4.66 Å². The molecule has 0 saturated carbocycles. The molecule has 0 bridgehead atoms. The van der Waals surface area contributed by atoms with E-state index in [1.807, 2.05) is 0 Å². The van der Waals surface area contributed by atoms with Crippen molar-refractivity contribution >= 4 is 11.9 Å². The van der Waals surface area contributed by atoms with Gasteiger partial charge in [0.05, 0.1) is 11.9 Å². The molecule has 0 aromatic heterocycles. The molecule has 0 fully saturated rings. The van der Waals surface area contributed by atoms with E-state index in [0.29, 0.717) is 0 Å². The molecular weight excluding hydrogens is 179 g/mol. The lowest BCUT2D eigenvalue weighted by molar-refractivity contribution is 0.632. The first-order valence-corrected chi connectivity index (χ1v) is 0.507. The molecule has 9 nitrogen and oxygen atoms in total. The third-order valence-electron chi connectivity index (χ3n) is 0. The van der Waals surface area contributed by atoms with Crippen molar-refractivity contribution < 1.29 is 48.5 Å². The van der Waals surface area contributed by atoms with Crippen LogP contribution in [-0.4, -0.2) is 48.5 Å². The van der Waals surface area contributed by atoms with E-state index in [1.165, 1.54) is 0 Å². The Hall–Kier alpha value is -0.0700. The summed E-state index contributed by atoms with van der Waals surface area (Å²) in [6.45, 7) is 0. The normalized spacial score (nSPS) is 0.600. The Kier molecular flexibility index (Phi) is 10500000. The van der Waals surface area contributed by atoms with Gasteiger partial charge in [-0.25, -0.2) is 0 Å². The zero-order valence-electron chi connectivity index (χ0n) is 4.83. The van der Waals surface area contributed by atoms with E-state index in [-0.39, 0.29) is 43.8 Å². The maximum Gasteiger partial charge on any atom is 0.0579 e. The standard InChI is InChI=1S/ClHO.8H2O/c1-2;;;;;;;;/h2H;8*1H2. The van der Waals surface area contributed by atoms with Crippen LogP contribution in [0.15, 0.2) is 0 Å². The summed E-state index contributed by atoms with van der Waals surface area (Å²) in [4.78, 5) is 0. The molecular formula is H17ClO9. The van der Waals surface area contributed by atoms with E-state index < -0.39 is 0 Å². The van der Waals surface area contributed by atoms with E-state index in [1.54, 1.807) is 0 Å². The molecule has 0 aromatic rings. The monoisotopic (exact) mass is 196 g/mol. The summed E-state index contributed by atoms with van der Waals surface area (Å²) in [6, 6.07) is 0. The minimum absolute atomic E-state index is 0. The van der Waals surface area contributed by atoms with E-state index >= 15 is 0 Å². The second kappa shape index (κ2) is 115000. The van der Waals surface area contributed by atoms with Gasteiger partial charge in [-0.1, -0.05) is 0 Å². The molecule has 10 heavy (non-hydrogen) atoms. The molecule has 0 saturated heterocycles. The highest BCUT2D eigenvalue weighted by Gasteiger charge is 0.897. The third kappa shape index (κ3) is 77700. The van der Waals surface area contributed by atoms with Crippen molar-refractivity contribution in [1.82, 2.24) is 0 Å². The predicted octanol–water partition coefficient (Wildman–Crippen LogP) is -6.47. The smallest absolute Gasteiger partial charge is 0.0579 e. The van der Waals surface area contributed by atoms with E-state index in [2.05, 4.69) is 11.9 Å². The van der Waals surface area contributed by atoms with Crippen molar-refractivity contribution in [2.75, 3.05) is 0 Å². The quantitative estimate of drug-likeness (QED) is 0.388. The average Bonchev–Trinajstić information content (AvgIpc) is 1.00. The van der Waals surface area contributed by atoms with Gasteiger partial charge in [0, 0.05) is 0 Å². The highest BCUT2D eigenvalue weighted by atomic mass is 35.5. The van der Waals surface area contributed by atoms with Gasteiger partial charge in [-0.05, 0) is 0 Å². The highest BCUT2D eigenvalue weighted by molar-refractivity contribution is 6.04. The summed E-state index contributed by atoms with van der Waals surface area (Å²) in [5, 5.41) is 0. The van der Waals surface area contributed by atoms with Crippen LogP contribution in [0.4, 0.5) is 0 Å². The molecule has 0 rings (SSSR count). The number of rotatable bonds is 0. The molecule has 0 radical (unpaired) electrons. The fourth-order valence-electron chi connectivity index (χ4n) is 0. The van der Waals surface area contributed by atoms with Crippen molar-refractivity contribution in [2.45, 2.75) is 0 Å². The topological polar surface area (TPSA) is 272 Å². The second-order valence-corrected chi connectivity index (χ2v) is 0. The van der Waals surface area contributed by atoms with Crippen LogP contribution in [0.5, 0.6) is 0 Å². The maximum atomic E-state index is 6.47. The summed E-state index contributed by atoms with van der Waals surface area (Å²) >= 11 is 3.64. The summed E-state index contributed by atoms with van der Waals surface area (Å²) < 4.78 is 6.47. The molecule has 17 N–H and O–H groups in total. The first-order valence-electron chi connectivity index (χ1n) is 0.169. The first-order chi connectivity index (χ1) is 1.00. The van der Waals surface area contributed by atoms with Crippen LogP contribution in [0.2, 0.25) is 0 Å². The number of halogens is 1. The van der Waals surface area contributed by atoms with Crippen LogP contribution in [0.3, 0.4) is 0 Å². The van der Waals surface area contributed by atoms with Crippen LogP contribution in [0.25, 0.3) is 0 Å². The van der Waals surface area contributed by atoms with Crippen LogP contribution in [0, 0.1) is 0 Å². The molecule has 0 aromatic carbocycles. The molecule has 10 heteroatoms. The highest BCUT2D eigenvalue weighted by Crippen LogP contribution is 1.31. The fourth-order valence-corrected chi connectivity index (χ4v) is 0. The van der Waals surface area contributed by atoms with Gasteiger partial charge < -0.3 is 43.8 Å². The molecule has 0 aliphatic rings. The zero-order valence-corrected chi connectivity index (χ0v) is 5.58. The molecule has 0 amide bonds. The van der Waals surface area contributed by atoms with Crippen LogP contribution in [0.1, 0.15) is 0 Å². The van der Waals surface area contributed by atoms with Gasteiger partial charge in [0.15, 0.2) is 0 Å². The Balaban J connectivity index is -0.000000000179. The van der Waals surface area contributed by atoms with Gasteiger partial charge in [-0.2, -0.15) is 0 Å². The van der Waals surface area contributed by atoms with Gasteiger partial charge >= 0.3 is 0 Å². The summed E-state index contributed by atoms with van der Waals surface area (Å²) in [5.74, 6) is 0. The first kappa shape index (κ1) is 916. The van der Waals surface area contributed by atoms with Crippen molar-refractivity contribution in [3.63, 3.8) is 0 Å². The lowest BCUT2D eigenvalue weighted by Gasteiger charge is -1.13. The van der Waals surface area contributed by atoms with Crippen LogP contribution in [-0.2, 0) is 0 Å². The molecule has 0 atom stereocenters. The lowest BCUT2D eigenvalue weighted by atomic mass is 15.9. The van der Waals surface area contributed by atoms with E-state index in [9.17, 15) is 0 Å². The summed E-state index contributed by atoms with van der Waals surface area (Å²) in [5.41, 5.74) is 0. The Morgan fingerprint density at radius 3 is 0.400 bits per heavy atom. The van der Waals surface area contributed by atoms with Crippen molar-refractivity contribution in [2.24, 2.45) is 0 Å². The van der Waals surface area contributed by atoms with Gasteiger partial charge in [0.25, 0.3) is 0 Å². The predicted molar refractivity (Wildman–Crippen MR) is 37.0 cm³/mol. The second-order valence-electron chi connectivity index (χ2n) is 0. The Morgan fingerprint density at radius 1 is 0.400 bits per heavy atom. The minimum atomic E-state index is 0. The SMILES string of the molecule is O.O.O.O.O.O.O.O.OCl. The largest absolute Gasteiger partial charge is 0.412 e. The van der Waals surface area contributed by atoms with Gasteiger partial charge in [0.2, 0.25) is 0 Å². The minimum Gasteiger partial charge on any atom is -0.412 e. The van der Waals surface area contributed by atoms with Gasteiger partial charge in [0.1, 0.15) is 0 Å². The molecule has 0 heterocycles. The molecule has 0 aliphatic heterocycles. The molecule has 0 aliphatic carbocycles. The van der Waals surface area contributed by atoms with E-state index in [0.717, 1.165) is 0 Å². The number of hydrogen-bond acceptors (Lipinski definition) is 1. The number of hydrogen-bond donors (Lipinski definition) is 1. The zero-order chi connectivity index (χ0) is 2.00.